The molecule has 24 heavy (non-hydrogen) atoms. The summed E-state index contributed by atoms with van der Waals surface area (Å²) in [5, 5.41) is 7.87. The first-order chi connectivity index (χ1) is 11.8. The first-order valence-electron chi connectivity index (χ1n) is 7.77. The number of aryl methyl sites for hydroxylation is 1. The molecule has 0 fully saturated rings. The molecule has 0 saturated heterocycles. The van der Waals surface area contributed by atoms with Crippen molar-refractivity contribution < 1.29 is 4.74 Å². The Hall–Kier alpha value is -2.53. The molecular formula is C19H19N3OS. The van der Waals surface area contributed by atoms with Crippen molar-refractivity contribution in [3.63, 3.8) is 0 Å². The van der Waals surface area contributed by atoms with Crippen LogP contribution in [-0.2, 0) is 0 Å². The molecule has 3 rings (SSSR count). The number of hydrogen-bond donors (Lipinski definition) is 1. The van der Waals surface area contributed by atoms with Crippen molar-refractivity contribution in [1.29, 1.82) is 0 Å². The number of H-pyrrole nitrogens is 1. The standard InChI is InChI=1S/C19H19N3OS/c1-15-7-10-17(11-8-15)23-13-14-24-19-20-18(21-22-19)12-9-16-5-3-2-4-6-16/h2-12H,13-14H2,1H3,(H,20,21,22)/b12-9+. The van der Waals surface area contributed by atoms with Crippen LogP contribution in [0.5, 0.6) is 5.75 Å². The first-order valence-corrected chi connectivity index (χ1v) is 8.76. The number of aromatic nitrogens is 3. The van der Waals surface area contributed by atoms with Crippen LogP contribution in [0.4, 0.5) is 0 Å². The van der Waals surface area contributed by atoms with Gasteiger partial charge < -0.3 is 4.74 Å². The van der Waals surface area contributed by atoms with Gasteiger partial charge in [0.05, 0.1) is 6.61 Å². The zero-order valence-electron chi connectivity index (χ0n) is 13.5. The smallest absolute Gasteiger partial charge is 0.208 e. The number of rotatable bonds is 7. The van der Waals surface area contributed by atoms with Crippen LogP contribution in [0.1, 0.15) is 17.0 Å². The molecule has 0 aliphatic heterocycles. The maximum atomic E-state index is 5.69. The molecule has 2 aromatic carbocycles. The predicted molar refractivity (Wildman–Crippen MR) is 99.2 cm³/mol. The van der Waals surface area contributed by atoms with E-state index in [9.17, 15) is 0 Å². The van der Waals surface area contributed by atoms with E-state index in [0.29, 0.717) is 6.61 Å². The highest BCUT2D eigenvalue weighted by atomic mass is 32.2. The van der Waals surface area contributed by atoms with Crippen molar-refractivity contribution in [1.82, 2.24) is 15.2 Å². The summed E-state index contributed by atoms with van der Waals surface area (Å²) in [6, 6.07) is 18.2. The fourth-order valence-corrected chi connectivity index (χ4v) is 2.69. The highest BCUT2D eigenvalue weighted by Crippen LogP contribution is 2.15. The van der Waals surface area contributed by atoms with Gasteiger partial charge in [-0.15, -0.1) is 5.10 Å². The summed E-state index contributed by atoms with van der Waals surface area (Å²) in [4.78, 5) is 4.44. The van der Waals surface area contributed by atoms with Crippen LogP contribution in [0.15, 0.2) is 59.8 Å². The molecule has 122 valence electrons. The average molecular weight is 337 g/mol. The lowest BCUT2D eigenvalue weighted by atomic mass is 10.2. The zero-order chi connectivity index (χ0) is 16.6. The van der Waals surface area contributed by atoms with E-state index in [-0.39, 0.29) is 0 Å². The van der Waals surface area contributed by atoms with Gasteiger partial charge in [0.1, 0.15) is 11.6 Å². The van der Waals surface area contributed by atoms with Crippen molar-refractivity contribution in [2.45, 2.75) is 12.1 Å². The average Bonchev–Trinajstić information content (AvgIpc) is 3.07. The summed E-state index contributed by atoms with van der Waals surface area (Å²) >= 11 is 1.57. The van der Waals surface area contributed by atoms with Gasteiger partial charge in [-0.3, -0.25) is 5.10 Å². The Labute approximate surface area is 146 Å². The molecule has 0 saturated carbocycles. The highest BCUT2D eigenvalue weighted by Gasteiger charge is 2.02. The maximum Gasteiger partial charge on any atom is 0.208 e. The molecule has 1 aromatic heterocycles. The van der Waals surface area contributed by atoms with Gasteiger partial charge in [-0.05, 0) is 30.7 Å². The minimum Gasteiger partial charge on any atom is -0.493 e. The number of ether oxygens (including phenoxy) is 1. The number of aromatic amines is 1. The number of nitrogens with one attached hydrogen (secondary N) is 1. The Morgan fingerprint density at radius 2 is 1.83 bits per heavy atom. The molecule has 0 bridgehead atoms. The molecule has 0 atom stereocenters. The quantitative estimate of drug-likeness (QED) is 0.511. The second-order valence-corrected chi connectivity index (χ2v) is 6.32. The van der Waals surface area contributed by atoms with E-state index in [1.54, 1.807) is 11.8 Å². The molecule has 1 N–H and O–H groups in total. The van der Waals surface area contributed by atoms with Gasteiger partial charge in [0.15, 0.2) is 0 Å². The lowest BCUT2D eigenvalue weighted by Gasteiger charge is -2.04. The summed E-state index contributed by atoms with van der Waals surface area (Å²) in [5.41, 5.74) is 2.36. The third kappa shape index (κ3) is 4.99. The Kier molecular flexibility index (Phi) is 5.69. The minimum atomic E-state index is 0.622. The second kappa shape index (κ2) is 8.36. The molecule has 3 aromatic rings. The Morgan fingerprint density at radius 3 is 2.62 bits per heavy atom. The zero-order valence-corrected chi connectivity index (χ0v) is 14.3. The summed E-state index contributed by atoms with van der Waals surface area (Å²) in [6.45, 7) is 2.68. The van der Waals surface area contributed by atoms with Crippen LogP contribution in [0, 0.1) is 6.92 Å². The van der Waals surface area contributed by atoms with E-state index in [0.717, 1.165) is 28.0 Å². The van der Waals surface area contributed by atoms with Gasteiger partial charge in [-0.2, -0.15) is 0 Å². The van der Waals surface area contributed by atoms with E-state index in [2.05, 4.69) is 22.1 Å². The summed E-state index contributed by atoms with van der Waals surface area (Å²) in [7, 11) is 0. The Balaban J connectivity index is 1.44. The summed E-state index contributed by atoms with van der Waals surface area (Å²) in [5.74, 6) is 2.44. The molecule has 0 amide bonds. The van der Waals surface area contributed by atoms with Gasteiger partial charge in [0.25, 0.3) is 0 Å². The van der Waals surface area contributed by atoms with Crippen LogP contribution < -0.4 is 4.74 Å². The van der Waals surface area contributed by atoms with Crippen molar-refractivity contribution in [3.05, 3.63) is 71.5 Å². The van der Waals surface area contributed by atoms with Crippen LogP contribution in [0.25, 0.3) is 12.2 Å². The normalized spacial score (nSPS) is 11.0. The fraction of sp³-hybridized carbons (Fsp3) is 0.158. The molecule has 1 heterocycles. The molecule has 5 heteroatoms. The summed E-state index contributed by atoms with van der Waals surface area (Å²) in [6.07, 6.45) is 3.94. The largest absolute Gasteiger partial charge is 0.493 e. The van der Waals surface area contributed by atoms with Gasteiger partial charge in [0, 0.05) is 5.75 Å². The Bertz CT molecular complexity index is 782. The highest BCUT2D eigenvalue weighted by molar-refractivity contribution is 7.99. The van der Waals surface area contributed by atoms with Crippen LogP contribution >= 0.6 is 11.8 Å². The van der Waals surface area contributed by atoms with Crippen molar-refractivity contribution in [2.75, 3.05) is 12.4 Å². The van der Waals surface area contributed by atoms with Crippen molar-refractivity contribution in [3.8, 4) is 5.75 Å². The van der Waals surface area contributed by atoms with Crippen molar-refractivity contribution >= 4 is 23.9 Å². The molecule has 0 aliphatic rings. The third-order valence-electron chi connectivity index (χ3n) is 3.32. The molecule has 0 radical (unpaired) electrons. The number of hydrogen-bond acceptors (Lipinski definition) is 4. The van der Waals surface area contributed by atoms with Gasteiger partial charge in [0.2, 0.25) is 5.16 Å². The Morgan fingerprint density at radius 1 is 1.04 bits per heavy atom. The van der Waals surface area contributed by atoms with E-state index in [4.69, 9.17) is 4.74 Å². The van der Waals surface area contributed by atoms with Gasteiger partial charge >= 0.3 is 0 Å². The molecule has 0 aliphatic carbocycles. The number of nitrogens with zero attached hydrogens (tertiary/aromatic N) is 2. The fourth-order valence-electron chi connectivity index (χ4n) is 2.06. The SMILES string of the molecule is Cc1ccc(OCCSc2n[nH]c(/C=C/c3ccccc3)n2)cc1. The monoisotopic (exact) mass is 337 g/mol. The lowest BCUT2D eigenvalue weighted by Crippen LogP contribution is -2.00. The number of benzene rings is 2. The van der Waals surface area contributed by atoms with Crippen molar-refractivity contribution in [2.24, 2.45) is 0 Å². The van der Waals surface area contributed by atoms with Gasteiger partial charge in [-0.25, -0.2) is 4.98 Å². The maximum absolute atomic E-state index is 5.69. The van der Waals surface area contributed by atoms with Crippen LogP contribution in [0.3, 0.4) is 0 Å². The van der Waals surface area contributed by atoms with E-state index >= 15 is 0 Å². The molecule has 0 spiro atoms. The predicted octanol–water partition coefficient (Wildman–Crippen LogP) is 4.45. The molecular weight excluding hydrogens is 318 g/mol. The van der Waals surface area contributed by atoms with Crippen LogP contribution in [0.2, 0.25) is 0 Å². The number of thioether (sulfide) groups is 1. The van der Waals surface area contributed by atoms with Crippen LogP contribution in [-0.4, -0.2) is 27.5 Å². The first kappa shape index (κ1) is 16.3. The lowest BCUT2D eigenvalue weighted by molar-refractivity contribution is 0.344. The summed E-state index contributed by atoms with van der Waals surface area (Å²) < 4.78 is 5.69. The second-order valence-electron chi connectivity index (χ2n) is 5.26. The third-order valence-corrected chi connectivity index (χ3v) is 4.13. The molecule has 4 nitrogen and oxygen atoms in total. The van der Waals surface area contributed by atoms with E-state index in [1.807, 2.05) is 66.7 Å². The minimum absolute atomic E-state index is 0.622. The molecule has 0 unspecified atom stereocenters. The van der Waals surface area contributed by atoms with E-state index < -0.39 is 0 Å². The van der Waals surface area contributed by atoms with Gasteiger partial charge in [-0.1, -0.05) is 65.9 Å². The van der Waals surface area contributed by atoms with E-state index in [1.165, 1.54) is 5.56 Å². The topological polar surface area (TPSA) is 50.8 Å².